The molecule has 0 saturated carbocycles. The molecule has 3 aromatic rings. The summed E-state index contributed by atoms with van der Waals surface area (Å²) in [6.07, 6.45) is 0. The van der Waals surface area contributed by atoms with Gasteiger partial charge < -0.3 is 0 Å². The van der Waals surface area contributed by atoms with E-state index in [-0.39, 0.29) is 0 Å². The molecule has 3 aromatic carbocycles. The van der Waals surface area contributed by atoms with Gasteiger partial charge in [0.25, 0.3) is 0 Å². The molecule has 0 N–H and O–H groups in total. The summed E-state index contributed by atoms with van der Waals surface area (Å²) in [5.41, 5.74) is 4.41. The zero-order chi connectivity index (χ0) is 13.8. The van der Waals surface area contributed by atoms with E-state index in [0.717, 1.165) is 0 Å². The van der Waals surface area contributed by atoms with Crippen molar-refractivity contribution in [1.29, 1.82) is 0 Å². The lowest BCUT2D eigenvalue weighted by Gasteiger charge is -2.32. The maximum atomic E-state index is 2.29. The molecule has 2 aliphatic heterocycles. The van der Waals surface area contributed by atoms with E-state index < -0.39 is 0 Å². The lowest BCUT2D eigenvalue weighted by molar-refractivity contribution is 1.33. The van der Waals surface area contributed by atoms with Crippen molar-refractivity contribution in [3.8, 4) is 0 Å². The Morgan fingerprint density at radius 2 is 1.00 bits per heavy atom. The van der Waals surface area contributed by atoms with E-state index in [0.29, 0.717) is 6.71 Å². The highest BCUT2D eigenvalue weighted by Crippen LogP contribution is 2.37. The monoisotopic (exact) mass is 302 g/mol. The van der Waals surface area contributed by atoms with Crippen LogP contribution in [-0.2, 0) is 0 Å². The van der Waals surface area contributed by atoms with Crippen LogP contribution in [0.25, 0.3) is 0 Å². The number of fused-ring (bicyclic) bond motifs is 4. The summed E-state index contributed by atoms with van der Waals surface area (Å²) in [5, 5.41) is 0. The van der Waals surface area contributed by atoms with Gasteiger partial charge in [0.2, 0.25) is 6.71 Å². The van der Waals surface area contributed by atoms with Gasteiger partial charge in [-0.3, -0.25) is 0 Å². The first-order valence-electron chi connectivity index (χ1n) is 7.08. The molecule has 0 fully saturated rings. The molecule has 0 unspecified atom stereocenters. The largest absolute Gasteiger partial charge is 0.247 e. The average molecular weight is 302 g/mol. The number of hydrogen-bond acceptors (Lipinski definition) is 2. The van der Waals surface area contributed by atoms with E-state index in [1.807, 2.05) is 23.5 Å². The molecule has 0 nitrogen and oxygen atoms in total. The minimum absolute atomic E-state index is 0.395. The normalized spacial score (nSPS) is 14.2. The smallest absolute Gasteiger partial charge is 0.0911 e. The Balaban J connectivity index is 1.88. The zero-order valence-electron chi connectivity index (χ0n) is 11.2. The fourth-order valence-electron chi connectivity index (χ4n) is 3.33. The molecule has 3 heteroatoms. The summed E-state index contributed by atoms with van der Waals surface area (Å²) in [7, 11) is 0. The van der Waals surface area contributed by atoms with Crippen molar-refractivity contribution < 1.29 is 0 Å². The third-order valence-corrected chi connectivity index (χ3v) is 6.55. The predicted octanol–water partition coefficient (Wildman–Crippen LogP) is 3.13. The van der Waals surface area contributed by atoms with Crippen LogP contribution in [0.1, 0.15) is 0 Å². The van der Waals surface area contributed by atoms with Crippen LogP contribution in [0.3, 0.4) is 0 Å². The van der Waals surface area contributed by atoms with Gasteiger partial charge in [0.15, 0.2) is 0 Å². The maximum absolute atomic E-state index is 2.29. The average Bonchev–Trinajstić information content (AvgIpc) is 2.54. The SMILES string of the molecule is c1ccc2c(c1)Sc1cccc3c1B2c1ccccc1S3. The van der Waals surface area contributed by atoms with Crippen LogP contribution in [0.2, 0.25) is 0 Å². The summed E-state index contributed by atoms with van der Waals surface area (Å²) in [4.78, 5) is 5.62. The Morgan fingerprint density at radius 3 is 1.57 bits per heavy atom. The van der Waals surface area contributed by atoms with Crippen LogP contribution in [0.4, 0.5) is 0 Å². The molecule has 0 spiro atoms. The lowest BCUT2D eigenvalue weighted by atomic mass is 9.36. The van der Waals surface area contributed by atoms with Gasteiger partial charge >= 0.3 is 0 Å². The van der Waals surface area contributed by atoms with E-state index in [2.05, 4.69) is 66.7 Å². The summed E-state index contributed by atoms with van der Waals surface area (Å²) >= 11 is 3.82. The van der Waals surface area contributed by atoms with Crippen LogP contribution >= 0.6 is 23.5 Å². The summed E-state index contributed by atoms with van der Waals surface area (Å²) < 4.78 is 0. The molecule has 0 atom stereocenters. The predicted molar refractivity (Wildman–Crippen MR) is 92.2 cm³/mol. The first-order chi connectivity index (χ1) is 10.4. The Kier molecular flexibility index (Phi) is 2.55. The lowest BCUT2D eigenvalue weighted by Crippen LogP contribution is -2.57. The second-order valence-corrected chi connectivity index (χ2v) is 7.55. The van der Waals surface area contributed by atoms with E-state index in [1.54, 1.807) is 0 Å². The molecule has 0 radical (unpaired) electrons. The number of benzene rings is 3. The van der Waals surface area contributed by atoms with Crippen LogP contribution in [0, 0.1) is 0 Å². The van der Waals surface area contributed by atoms with Crippen LogP contribution in [0.5, 0.6) is 0 Å². The van der Waals surface area contributed by atoms with Crippen molar-refractivity contribution in [2.45, 2.75) is 19.6 Å². The molecule has 21 heavy (non-hydrogen) atoms. The van der Waals surface area contributed by atoms with Crippen molar-refractivity contribution in [1.82, 2.24) is 0 Å². The Bertz CT molecular complexity index is 805. The maximum Gasteiger partial charge on any atom is 0.247 e. The molecule has 0 aliphatic carbocycles. The van der Waals surface area contributed by atoms with Crippen molar-refractivity contribution >= 4 is 46.6 Å². The minimum atomic E-state index is 0.395. The quantitative estimate of drug-likeness (QED) is 0.403. The van der Waals surface area contributed by atoms with Crippen molar-refractivity contribution in [2.75, 3.05) is 0 Å². The van der Waals surface area contributed by atoms with E-state index in [1.165, 1.54) is 36.0 Å². The summed E-state index contributed by atoms with van der Waals surface area (Å²) in [6.45, 7) is 0.395. The summed E-state index contributed by atoms with van der Waals surface area (Å²) in [5.74, 6) is 0. The van der Waals surface area contributed by atoms with E-state index >= 15 is 0 Å². The Labute approximate surface area is 133 Å². The first-order valence-corrected chi connectivity index (χ1v) is 8.71. The third-order valence-electron chi connectivity index (χ3n) is 4.21. The number of hydrogen-bond donors (Lipinski definition) is 0. The summed E-state index contributed by atoms with van der Waals surface area (Å²) in [6, 6.07) is 24.4. The number of rotatable bonds is 0. The second kappa shape index (κ2) is 4.46. The molecule has 0 aromatic heterocycles. The molecular weight excluding hydrogens is 291 g/mol. The topological polar surface area (TPSA) is 0 Å². The highest BCUT2D eigenvalue weighted by Gasteiger charge is 2.37. The van der Waals surface area contributed by atoms with Gasteiger partial charge in [0, 0.05) is 19.6 Å². The molecular formula is C18H11BS2. The van der Waals surface area contributed by atoms with Crippen molar-refractivity contribution in [3.63, 3.8) is 0 Å². The fourth-order valence-corrected chi connectivity index (χ4v) is 5.73. The third kappa shape index (κ3) is 1.68. The fraction of sp³-hybridized carbons (Fsp3) is 0. The molecule has 5 rings (SSSR count). The first kappa shape index (κ1) is 12.0. The van der Waals surface area contributed by atoms with Gasteiger partial charge in [0.1, 0.15) is 0 Å². The van der Waals surface area contributed by atoms with Gasteiger partial charge in [-0.1, -0.05) is 76.9 Å². The van der Waals surface area contributed by atoms with Crippen molar-refractivity contribution in [2.24, 2.45) is 0 Å². The van der Waals surface area contributed by atoms with Gasteiger partial charge in [-0.25, -0.2) is 0 Å². The van der Waals surface area contributed by atoms with Gasteiger partial charge in [0.05, 0.1) is 0 Å². The van der Waals surface area contributed by atoms with E-state index in [4.69, 9.17) is 0 Å². The van der Waals surface area contributed by atoms with Crippen LogP contribution < -0.4 is 16.4 Å². The zero-order valence-corrected chi connectivity index (χ0v) is 12.9. The van der Waals surface area contributed by atoms with Crippen LogP contribution in [0.15, 0.2) is 86.3 Å². The highest BCUT2D eigenvalue weighted by molar-refractivity contribution is 8.01. The Morgan fingerprint density at radius 1 is 0.524 bits per heavy atom. The van der Waals surface area contributed by atoms with Crippen molar-refractivity contribution in [3.05, 3.63) is 66.7 Å². The minimum Gasteiger partial charge on any atom is -0.0911 e. The van der Waals surface area contributed by atoms with Gasteiger partial charge in [-0.2, -0.15) is 0 Å². The molecule has 0 amide bonds. The van der Waals surface area contributed by atoms with Gasteiger partial charge in [-0.15, -0.1) is 0 Å². The molecule has 98 valence electrons. The van der Waals surface area contributed by atoms with E-state index in [9.17, 15) is 0 Å². The molecule has 2 aliphatic rings. The molecule has 0 saturated heterocycles. The molecule has 0 bridgehead atoms. The second-order valence-electron chi connectivity index (χ2n) is 5.38. The molecule has 2 heterocycles. The Hall–Kier alpha value is -1.58. The van der Waals surface area contributed by atoms with Gasteiger partial charge in [-0.05, 0) is 29.7 Å². The highest BCUT2D eigenvalue weighted by atomic mass is 32.2. The standard InChI is InChI=1S/C18H11BS2/c1-3-8-14-12(6-1)19-13-7-2-4-9-15(13)21-17-11-5-10-16(20-14)18(17)19/h1-11H. The van der Waals surface area contributed by atoms with Crippen LogP contribution in [-0.4, -0.2) is 6.71 Å².